The summed E-state index contributed by atoms with van der Waals surface area (Å²) >= 11 is 0. The standard InChI is InChI=1S/C67H106O6/c1-4-7-10-13-16-19-22-25-28-31-33-36-39-42-45-48-51-54-57-60-66(69)72-63-64(62-71-65(68)59-56-53-50-47-44-41-38-35-30-27-24-21-18-15-12-9-6-3)73-67(70)61-58-55-52-49-46-43-40-37-34-32-29-26-23-20-17-14-11-8-5-2/h7,10,16-21,25-30,33-34,36-37,42-43,45-46,51,54,64H,4-6,8-9,11-15,22-24,31-32,35,38-41,44,47-50,52-53,55-63H2,1-3H3/b10-7-,19-16-,20-17-,21-18-,28-25-,29-26-,30-27-,36-33-,37-34-,45-42-,46-43-,54-51-/t64-/m1/s1. The summed E-state index contributed by atoms with van der Waals surface area (Å²) in [5.74, 6) is -1.06. The molecule has 0 N–H and O–H groups in total. The van der Waals surface area contributed by atoms with Gasteiger partial charge >= 0.3 is 17.9 Å². The monoisotopic (exact) mass is 1010 g/mol. The van der Waals surface area contributed by atoms with Crippen LogP contribution in [0.2, 0.25) is 0 Å². The molecule has 0 aromatic heterocycles. The zero-order chi connectivity index (χ0) is 52.9. The van der Waals surface area contributed by atoms with Gasteiger partial charge in [0.1, 0.15) is 13.2 Å². The summed E-state index contributed by atoms with van der Waals surface area (Å²) in [7, 11) is 0. The van der Waals surface area contributed by atoms with E-state index in [-0.39, 0.29) is 44.0 Å². The fraction of sp³-hybridized carbons (Fsp3) is 0.597. The molecule has 0 bridgehead atoms. The van der Waals surface area contributed by atoms with Gasteiger partial charge in [-0.25, -0.2) is 0 Å². The van der Waals surface area contributed by atoms with Crippen LogP contribution < -0.4 is 0 Å². The van der Waals surface area contributed by atoms with Crippen LogP contribution in [0.1, 0.15) is 239 Å². The first-order chi connectivity index (χ1) is 36.0. The summed E-state index contributed by atoms with van der Waals surface area (Å²) in [5, 5.41) is 0. The molecule has 0 spiro atoms. The van der Waals surface area contributed by atoms with E-state index in [1.54, 1.807) is 0 Å². The third-order valence-corrected chi connectivity index (χ3v) is 11.8. The third-order valence-electron chi connectivity index (χ3n) is 11.8. The van der Waals surface area contributed by atoms with Crippen molar-refractivity contribution in [2.24, 2.45) is 0 Å². The van der Waals surface area contributed by atoms with E-state index in [1.807, 2.05) is 12.2 Å². The quantitative estimate of drug-likeness (QED) is 0.0261. The molecule has 0 amide bonds. The Balaban J connectivity index is 4.60. The van der Waals surface area contributed by atoms with Crippen molar-refractivity contribution in [2.45, 2.75) is 245 Å². The Hall–Kier alpha value is -4.71. The van der Waals surface area contributed by atoms with Crippen molar-refractivity contribution in [3.8, 4) is 0 Å². The summed E-state index contributed by atoms with van der Waals surface area (Å²) < 4.78 is 16.8. The lowest BCUT2D eigenvalue weighted by molar-refractivity contribution is -0.166. The predicted octanol–water partition coefficient (Wildman–Crippen LogP) is 20.0. The molecule has 0 aromatic rings. The minimum absolute atomic E-state index is 0.124. The summed E-state index contributed by atoms with van der Waals surface area (Å²) in [6.07, 6.45) is 85.6. The molecule has 0 saturated carbocycles. The molecule has 0 heterocycles. The second kappa shape index (κ2) is 59.8. The molecule has 0 rings (SSSR count). The van der Waals surface area contributed by atoms with E-state index in [2.05, 4.69) is 154 Å². The molecule has 0 aliphatic carbocycles. The van der Waals surface area contributed by atoms with Crippen LogP contribution in [-0.2, 0) is 28.6 Å². The zero-order valence-electron chi connectivity index (χ0n) is 46.8. The maximum atomic E-state index is 12.9. The van der Waals surface area contributed by atoms with Crippen LogP contribution in [0.25, 0.3) is 0 Å². The Morgan fingerprint density at radius 1 is 0.288 bits per heavy atom. The summed E-state index contributed by atoms with van der Waals surface area (Å²) in [6, 6.07) is 0. The van der Waals surface area contributed by atoms with Crippen molar-refractivity contribution in [1.82, 2.24) is 0 Å². The number of allylic oxidation sites excluding steroid dienone is 24. The van der Waals surface area contributed by atoms with Gasteiger partial charge in [0.15, 0.2) is 6.10 Å². The van der Waals surface area contributed by atoms with Gasteiger partial charge in [0, 0.05) is 19.3 Å². The van der Waals surface area contributed by atoms with Crippen LogP contribution >= 0.6 is 0 Å². The molecule has 0 saturated heterocycles. The van der Waals surface area contributed by atoms with Crippen LogP contribution in [0.3, 0.4) is 0 Å². The Kier molecular flexibility index (Phi) is 56.0. The van der Waals surface area contributed by atoms with Gasteiger partial charge in [-0.1, -0.05) is 231 Å². The van der Waals surface area contributed by atoms with Crippen molar-refractivity contribution in [2.75, 3.05) is 13.2 Å². The first-order valence-corrected chi connectivity index (χ1v) is 29.3. The van der Waals surface area contributed by atoms with Gasteiger partial charge < -0.3 is 14.2 Å². The van der Waals surface area contributed by atoms with Gasteiger partial charge in [-0.05, 0) is 135 Å². The van der Waals surface area contributed by atoms with E-state index in [9.17, 15) is 14.4 Å². The highest BCUT2D eigenvalue weighted by Gasteiger charge is 2.19. The number of unbranched alkanes of at least 4 members (excludes halogenated alkanes) is 16. The molecule has 0 radical (unpaired) electrons. The number of hydrogen-bond acceptors (Lipinski definition) is 6. The molecule has 73 heavy (non-hydrogen) atoms. The second-order valence-electron chi connectivity index (χ2n) is 18.8. The molecule has 0 unspecified atom stereocenters. The lowest BCUT2D eigenvalue weighted by Crippen LogP contribution is -2.30. The molecule has 1 atom stereocenters. The maximum Gasteiger partial charge on any atom is 0.306 e. The molecule has 0 aromatic carbocycles. The van der Waals surface area contributed by atoms with E-state index in [0.29, 0.717) is 19.3 Å². The molecular formula is C67H106O6. The first kappa shape index (κ1) is 68.3. The van der Waals surface area contributed by atoms with E-state index in [1.165, 1.54) is 77.0 Å². The second-order valence-corrected chi connectivity index (χ2v) is 18.8. The topological polar surface area (TPSA) is 78.9 Å². The highest BCUT2D eigenvalue weighted by atomic mass is 16.6. The molecule has 0 fully saturated rings. The van der Waals surface area contributed by atoms with Crippen molar-refractivity contribution in [1.29, 1.82) is 0 Å². The Labute approximate surface area is 448 Å². The Bertz CT molecular complexity index is 1630. The minimum atomic E-state index is -0.836. The first-order valence-electron chi connectivity index (χ1n) is 29.3. The number of esters is 3. The van der Waals surface area contributed by atoms with Gasteiger partial charge in [-0.3, -0.25) is 14.4 Å². The van der Waals surface area contributed by atoms with Gasteiger partial charge in [0.2, 0.25) is 0 Å². The molecule has 410 valence electrons. The van der Waals surface area contributed by atoms with Crippen LogP contribution in [0.4, 0.5) is 0 Å². The minimum Gasteiger partial charge on any atom is -0.462 e. The highest BCUT2D eigenvalue weighted by molar-refractivity contribution is 5.71. The van der Waals surface area contributed by atoms with Gasteiger partial charge in [-0.15, -0.1) is 0 Å². The zero-order valence-corrected chi connectivity index (χ0v) is 46.8. The maximum absolute atomic E-state index is 12.9. The fourth-order valence-corrected chi connectivity index (χ4v) is 7.42. The molecule has 6 nitrogen and oxygen atoms in total. The van der Waals surface area contributed by atoms with E-state index < -0.39 is 6.10 Å². The van der Waals surface area contributed by atoms with Crippen LogP contribution in [-0.4, -0.2) is 37.2 Å². The fourth-order valence-electron chi connectivity index (χ4n) is 7.42. The largest absolute Gasteiger partial charge is 0.462 e. The number of hydrogen-bond donors (Lipinski definition) is 0. The van der Waals surface area contributed by atoms with E-state index >= 15 is 0 Å². The summed E-state index contributed by atoms with van der Waals surface area (Å²) in [4.78, 5) is 38.2. The van der Waals surface area contributed by atoms with Crippen molar-refractivity contribution in [3.63, 3.8) is 0 Å². The highest BCUT2D eigenvalue weighted by Crippen LogP contribution is 2.13. The van der Waals surface area contributed by atoms with Crippen LogP contribution in [0.5, 0.6) is 0 Å². The summed E-state index contributed by atoms with van der Waals surface area (Å²) in [5.41, 5.74) is 0. The Morgan fingerprint density at radius 3 is 0.932 bits per heavy atom. The molecule has 0 aliphatic rings. The lowest BCUT2D eigenvalue weighted by Gasteiger charge is -2.18. The van der Waals surface area contributed by atoms with Crippen molar-refractivity contribution < 1.29 is 28.6 Å². The average Bonchev–Trinajstić information content (AvgIpc) is 3.39. The van der Waals surface area contributed by atoms with Crippen LogP contribution in [0.15, 0.2) is 146 Å². The number of carbonyl (C=O) groups is 3. The van der Waals surface area contributed by atoms with Crippen molar-refractivity contribution in [3.05, 3.63) is 146 Å². The van der Waals surface area contributed by atoms with Crippen LogP contribution in [0, 0.1) is 0 Å². The van der Waals surface area contributed by atoms with Gasteiger partial charge in [0.05, 0.1) is 0 Å². The van der Waals surface area contributed by atoms with Gasteiger partial charge in [-0.2, -0.15) is 0 Å². The van der Waals surface area contributed by atoms with Crippen molar-refractivity contribution >= 4 is 17.9 Å². The summed E-state index contributed by atoms with van der Waals surface area (Å²) in [6.45, 7) is 6.36. The SMILES string of the molecule is CC/C=C\C/C=C\C/C=C\C/C=C\C/C=C\C/C=C\CCC(=O)OC[C@@H](COC(=O)CCCCCCCCC/C=C\C/C=C\CCCCC)OC(=O)CCCCC/C=C\C/C=C\C/C=C\C/C=C\CCCCC. The number of carbonyl (C=O) groups excluding carboxylic acids is 3. The smallest absolute Gasteiger partial charge is 0.306 e. The number of rotatable bonds is 51. The van der Waals surface area contributed by atoms with E-state index in [4.69, 9.17) is 14.2 Å². The molecular weight excluding hydrogens is 901 g/mol. The number of ether oxygens (including phenoxy) is 3. The van der Waals surface area contributed by atoms with E-state index in [0.717, 1.165) is 109 Å². The molecule has 6 heteroatoms. The molecule has 0 aliphatic heterocycles. The average molecular weight is 1010 g/mol. The predicted molar refractivity (Wildman–Crippen MR) is 315 cm³/mol. The normalized spacial score (nSPS) is 13.2. The third kappa shape index (κ3) is 58.1. The van der Waals surface area contributed by atoms with Gasteiger partial charge in [0.25, 0.3) is 0 Å². The Morgan fingerprint density at radius 2 is 0.562 bits per heavy atom. The lowest BCUT2D eigenvalue weighted by atomic mass is 10.1.